The predicted molar refractivity (Wildman–Crippen MR) is 125 cm³/mol. The summed E-state index contributed by atoms with van der Waals surface area (Å²) in [6.45, 7) is 5.68. The SMILES string of the molecule is O=C(c1ccccc1CN1CCCCC1)N1CCOC[C@@H](Cc2nccn3cccc23)C1. The zero-order valence-electron chi connectivity index (χ0n) is 18.7. The van der Waals surface area contributed by atoms with Crippen molar-refractivity contribution < 1.29 is 9.53 Å². The molecule has 168 valence electrons. The zero-order valence-corrected chi connectivity index (χ0v) is 18.7. The molecule has 0 radical (unpaired) electrons. The molecule has 1 atom stereocenters. The van der Waals surface area contributed by atoms with E-state index in [0.717, 1.165) is 48.4 Å². The van der Waals surface area contributed by atoms with Crippen LogP contribution in [0.25, 0.3) is 5.52 Å². The van der Waals surface area contributed by atoms with Crippen LogP contribution in [0.4, 0.5) is 0 Å². The first-order valence-corrected chi connectivity index (χ1v) is 11.9. The molecular weight excluding hydrogens is 400 g/mol. The number of rotatable bonds is 5. The molecule has 0 saturated carbocycles. The van der Waals surface area contributed by atoms with Gasteiger partial charge in [-0.1, -0.05) is 24.6 Å². The van der Waals surface area contributed by atoms with Gasteiger partial charge in [0.1, 0.15) is 0 Å². The first-order valence-electron chi connectivity index (χ1n) is 11.9. The fourth-order valence-corrected chi connectivity index (χ4v) is 5.04. The standard InChI is InChI=1S/C26H32N4O2/c31-26(23-8-3-2-7-22(23)19-28-11-4-1-5-12-28)30-15-16-32-20-21(18-30)17-24-25-9-6-13-29(25)14-10-27-24/h2-3,6-10,13-14,21H,1,4-5,11-12,15-20H2/t21-/m0/s1. The number of nitrogens with zero attached hydrogens (tertiary/aromatic N) is 4. The maximum atomic E-state index is 13.6. The minimum absolute atomic E-state index is 0.127. The topological polar surface area (TPSA) is 50.1 Å². The van der Waals surface area contributed by atoms with Crippen molar-refractivity contribution in [2.24, 2.45) is 5.92 Å². The van der Waals surface area contributed by atoms with E-state index in [1.165, 1.54) is 19.3 Å². The van der Waals surface area contributed by atoms with Gasteiger partial charge in [-0.25, -0.2) is 0 Å². The summed E-state index contributed by atoms with van der Waals surface area (Å²) >= 11 is 0. The third-order valence-electron chi connectivity index (χ3n) is 6.73. The fraction of sp³-hybridized carbons (Fsp3) is 0.462. The van der Waals surface area contributed by atoms with Crippen molar-refractivity contribution >= 4 is 11.4 Å². The number of piperidine rings is 1. The van der Waals surface area contributed by atoms with Crippen LogP contribution in [0.5, 0.6) is 0 Å². The lowest BCUT2D eigenvalue weighted by molar-refractivity contribution is 0.0734. The normalized spacial score (nSPS) is 20.4. The average molecular weight is 433 g/mol. The summed E-state index contributed by atoms with van der Waals surface area (Å²) in [5, 5.41) is 0. The van der Waals surface area contributed by atoms with Crippen molar-refractivity contribution in [1.29, 1.82) is 0 Å². The molecule has 6 nitrogen and oxygen atoms in total. The van der Waals surface area contributed by atoms with Crippen molar-refractivity contribution in [2.75, 3.05) is 39.4 Å². The van der Waals surface area contributed by atoms with Crippen LogP contribution >= 0.6 is 0 Å². The van der Waals surface area contributed by atoms with Crippen LogP contribution < -0.4 is 0 Å². The second-order valence-corrected chi connectivity index (χ2v) is 9.06. The van der Waals surface area contributed by atoms with Gasteiger partial charge in [0.15, 0.2) is 0 Å². The minimum atomic E-state index is 0.127. The molecule has 0 spiro atoms. The maximum absolute atomic E-state index is 13.6. The van der Waals surface area contributed by atoms with Gasteiger partial charge in [0.2, 0.25) is 0 Å². The molecule has 0 N–H and O–H groups in total. The van der Waals surface area contributed by atoms with E-state index in [1.54, 1.807) is 0 Å². The van der Waals surface area contributed by atoms with Crippen molar-refractivity contribution in [1.82, 2.24) is 19.2 Å². The molecule has 0 unspecified atom stereocenters. The monoisotopic (exact) mass is 432 g/mol. The number of carbonyl (C=O) groups is 1. The predicted octanol–water partition coefficient (Wildman–Crippen LogP) is 3.65. The van der Waals surface area contributed by atoms with Gasteiger partial charge in [0.05, 0.1) is 24.4 Å². The summed E-state index contributed by atoms with van der Waals surface area (Å²) in [5.41, 5.74) is 4.17. The Kier molecular flexibility index (Phi) is 6.51. The molecule has 5 rings (SSSR count). The number of carbonyl (C=O) groups excluding carboxylic acids is 1. The van der Waals surface area contributed by atoms with Crippen LogP contribution in [0, 0.1) is 5.92 Å². The fourth-order valence-electron chi connectivity index (χ4n) is 5.04. The Labute approximate surface area is 189 Å². The number of benzene rings is 1. The van der Waals surface area contributed by atoms with Crippen LogP contribution in [0.2, 0.25) is 0 Å². The van der Waals surface area contributed by atoms with Gasteiger partial charge in [-0.05, 0) is 56.1 Å². The Bertz CT molecular complexity index is 1060. The van der Waals surface area contributed by atoms with Crippen molar-refractivity contribution in [3.8, 4) is 0 Å². The van der Waals surface area contributed by atoms with E-state index in [-0.39, 0.29) is 11.8 Å². The summed E-state index contributed by atoms with van der Waals surface area (Å²) in [7, 11) is 0. The van der Waals surface area contributed by atoms with Crippen LogP contribution in [0.1, 0.15) is 40.9 Å². The molecule has 2 saturated heterocycles. The van der Waals surface area contributed by atoms with Crippen molar-refractivity contribution in [2.45, 2.75) is 32.2 Å². The van der Waals surface area contributed by atoms with Crippen LogP contribution in [-0.2, 0) is 17.7 Å². The number of likely N-dealkylation sites (tertiary alicyclic amines) is 1. The second kappa shape index (κ2) is 9.84. The van der Waals surface area contributed by atoms with E-state index in [1.807, 2.05) is 47.8 Å². The molecule has 3 aromatic rings. The molecule has 2 aliphatic rings. The highest BCUT2D eigenvalue weighted by atomic mass is 16.5. The van der Waals surface area contributed by atoms with Gasteiger partial charge in [-0.15, -0.1) is 0 Å². The molecule has 0 bridgehead atoms. The summed E-state index contributed by atoms with van der Waals surface area (Å²) in [6, 6.07) is 12.3. The van der Waals surface area contributed by atoms with Crippen molar-refractivity contribution in [3.05, 3.63) is 71.8 Å². The number of amides is 1. The molecule has 0 aliphatic carbocycles. The summed E-state index contributed by atoms with van der Waals surface area (Å²) in [5.74, 6) is 0.353. The Morgan fingerprint density at radius 1 is 1.03 bits per heavy atom. The Morgan fingerprint density at radius 3 is 2.81 bits per heavy atom. The highest BCUT2D eigenvalue weighted by molar-refractivity contribution is 5.95. The van der Waals surface area contributed by atoms with E-state index in [2.05, 4.69) is 26.4 Å². The summed E-state index contributed by atoms with van der Waals surface area (Å²) < 4.78 is 8.00. The smallest absolute Gasteiger partial charge is 0.254 e. The number of hydrogen-bond acceptors (Lipinski definition) is 4. The van der Waals surface area contributed by atoms with E-state index in [0.29, 0.717) is 26.3 Å². The van der Waals surface area contributed by atoms with Gasteiger partial charge < -0.3 is 14.0 Å². The van der Waals surface area contributed by atoms with Crippen LogP contribution in [-0.4, -0.2) is 64.5 Å². The molecule has 2 aliphatic heterocycles. The van der Waals surface area contributed by atoms with E-state index in [4.69, 9.17) is 4.74 Å². The van der Waals surface area contributed by atoms with Crippen LogP contribution in [0.3, 0.4) is 0 Å². The quantitative estimate of drug-likeness (QED) is 0.618. The molecule has 1 amide bonds. The Hall–Kier alpha value is -2.70. The van der Waals surface area contributed by atoms with Crippen LogP contribution in [0.15, 0.2) is 55.0 Å². The number of fused-ring (bicyclic) bond motifs is 1. The van der Waals surface area contributed by atoms with E-state index in [9.17, 15) is 4.79 Å². The van der Waals surface area contributed by atoms with Gasteiger partial charge in [0, 0.05) is 49.7 Å². The molecule has 32 heavy (non-hydrogen) atoms. The Balaban J connectivity index is 1.32. The third-order valence-corrected chi connectivity index (χ3v) is 6.73. The molecule has 2 fully saturated rings. The largest absolute Gasteiger partial charge is 0.379 e. The average Bonchev–Trinajstić information content (AvgIpc) is 3.20. The lowest BCUT2D eigenvalue weighted by Crippen LogP contribution is -2.37. The molecule has 6 heteroatoms. The highest BCUT2D eigenvalue weighted by Gasteiger charge is 2.26. The lowest BCUT2D eigenvalue weighted by atomic mass is 10.0. The second-order valence-electron chi connectivity index (χ2n) is 9.06. The molecular formula is C26H32N4O2. The summed E-state index contributed by atoms with van der Waals surface area (Å²) in [4.78, 5) is 22.7. The van der Waals surface area contributed by atoms with Gasteiger partial charge in [0.25, 0.3) is 5.91 Å². The van der Waals surface area contributed by atoms with Gasteiger partial charge >= 0.3 is 0 Å². The Morgan fingerprint density at radius 2 is 1.91 bits per heavy atom. The minimum Gasteiger partial charge on any atom is -0.379 e. The van der Waals surface area contributed by atoms with Gasteiger partial charge in [-0.2, -0.15) is 0 Å². The molecule has 4 heterocycles. The highest BCUT2D eigenvalue weighted by Crippen LogP contribution is 2.21. The maximum Gasteiger partial charge on any atom is 0.254 e. The third kappa shape index (κ3) is 4.71. The van der Waals surface area contributed by atoms with E-state index >= 15 is 0 Å². The first-order chi connectivity index (χ1) is 15.8. The number of aromatic nitrogens is 2. The first kappa shape index (κ1) is 21.2. The lowest BCUT2D eigenvalue weighted by Gasteiger charge is -2.28. The molecule has 2 aromatic heterocycles. The number of ether oxygens (including phenoxy) is 1. The summed E-state index contributed by atoms with van der Waals surface area (Å²) in [6.07, 6.45) is 10.5. The number of hydrogen-bond donors (Lipinski definition) is 0. The van der Waals surface area contributed by atoms with E-state index < -0.39 is 0 Å². The van der Waals surface area contributed by atoms with Crippen molar-refractivity contribution in [3.63, 3.8) is 0 Å². The van der Waals surface area contributed by atoms with Gasteiger partial charge in [-0.3, -0.25) is 14.7 Å². The zero-order chi connectivity index (χ0) is 21.8. The molecule has 1 aromatic carbocycles.